The number of allylic oxidation sites excluding steroid dienone is 1. The molecule has 3 nitrogen and oxygen atoms in total. The first-order chi connectivity index (χ1) is 7.04. The topological polar surface area (TPSA) is 40.5 Å². The third-order valence-corrected chi connectivity index (χ3v) is 2.94. The van der Waals surface area contributed by atoms with E-state index in [1.54, 1.807) is 4.90 Å². The highest BCUT2D eigenvalue weighted by atomic mass is 16.3. The van der Waals surface area contributed by atoms with Crippen LogP contribution in [0.25, 0.3) is 0 Å². The Morgan fingerprint density at radius 2 is 2.13 bits per heavy atom. The van der Waals surface area contributed by atoms with E-state index >= 15 is 0 Å². The zero-order valence-electron chi connectivity index (χ0n) is 9.86. The van der Waals surface area contributed by atoms with Crippen LogP contribution in [0.2, 0.25) is 0 Å². The Bertz CT molecular complexity index is 254. The van der Waals surface area contributed by atoms with E-state index < -0.39 is 0 Å². The van der Waals surface area contributed by atoms with Gasteiger partial charge in [-0.05, 0) is 32.1 Å². The first-order valence-electron chi connectivity index (χ1n) is 5.64. The average molecular weight is 211 g/mol. The lowest BCUT2D eigenvalue weighted by atomic mass is 9.82. The maximum atomic E-state index is 11.8. The van der Waals surface area contributed by atoms with Crippen LogP contribution in [0.1, 0.15) is 33.1 Å². The van der Waals surface area contributed by atoms with Gasteiger partial charge in [0.25, 0.3) is 0 Å². The first kappa shape index (κ1) is 12.2. The normalized spacial score (nSPS) is 26.0. The number of aliphatic hydroxyl groups is 1. The fraction of sp³-hybridized carbons (Fsp3) is 0.750. The molecule has 0 spiro atoms. The van der Waals surface area contributed by atoms with Crippen molar-refractivity contribution in [3.8, 4) is 0 Å². The van der Waals surface area contributed by atoms with Crippen LogP contribution < -0.4 is 0 Å². The van der Waals surface area contributed by atoms with Gasteiger partial charge in [0.2, 0.25) is 5.91 Å². The van der Waals surface area contributed by atoms with Gasteiger partial charge in [-0.1, -0.05) is 13.0 Å². The van der Waals surface area contributed by atoms with E-state index in [4.69, 9.17) is 5.11 Å². The fourth-order valence-electron chi connectivity index (χ4n) is 2.01. The summed E-state index contributed by atoms with van der Waals surface area (Å²) in [6, 6.07) is 0. The van der Waals surface area contributed by atoms with Crippen molar-refractivity contribution >= 4 is 5.91 Å². The summed E-state index contributed by atoms with van der Waals surface area (Å²) in [4.78, 5) is 13.5. The second kappa shape index (κ2) is 5.31. The van der Waals surface area contributed by atoms with Gasteiger partial charge in [0.1, 0.15) is 0 Å². The third-order valence-electron chi connectivity index (χ3n) is 2.94. The molecule has 1 aliphatic rings. The number of aliphatic hydroxyl groups excluding tert-OH is 1. The van der Waals surface area contributed by atoms with Crippen LogP contribution in [0, 0.1) is 5.92 Å². The molecule has 3 heteroatoms. The van der Waals surface area contributed by atoms with Gasteiger partial charge in [0.05, 0.1) is 6.10 Å². The monoisotopic (exact) mass is 211 g/mol. The maximum Gasteiger partial charge on any atom is 0.248 e. The van der Waals surface area contributed by atoms with Gasteiger partial charge in [-0.15, -0.1) is 0 Å². The minimum Gasteiger partial charge on any atom is -0.393 e. The molecule has 1 fully saturated rings. The number of rotatable bonds is 4. The number of hydrogen-bond donors (Lipinski definition) is 1. The van der Waals surface area contributed by atoms with E-state index in [9.17, 15) is 4.79 Å². The Morgan fingerprint density at radius 1 is 1.53 bits per heavy atom. The number of hydrogen-bond acceptors (Lipinski definition) is 2. The number of carbonyl (C=O) groups excluding carboxylic acids is 1. The predicted octanol–water partition coefficient (Wildman–Crippen LogP) is 1.57. The molecule has 1 amide bonds. The molecule has 0 atom stereocenters. The molecule has 0 heterocycles. The molecule has 0 radical (unpaired) electrons. The van der Waals surface area contributed by atoms with Crippen molar-refractivity contribution in [3.63, 3.8) is 0 Å². The summed E-state index contributed by atoms with van der Waals surface area (Å²) < 4.78 is 0. The first-order valence-corrected chi connectivity index (χ1v) is 5.64. The zero-order chi connectivity index (χ0) is 11.4. The number of amides is 1. The van der Waals surface area contributed by atoms with E-state index in [2.05, 4.69) is 0 Å². The molecule has 0 unspecified atom stereocenters. The Morgan fingerprint density at radius 3 is 2.60 bits per heavy atom. The maximum absolute atomic E-state index is 11.8. The van der Waals surface area contributed by atoms with Gasteiger partial charge >= 0.3 is 0 Å². The molecule has 1 aliphatic carbocycles. The molecule has 1 N–H and O–H groups in total. The molecule has 86 valence electrons. The molecular formula is C12H21NO2. The second-order valence-electron chi connectivity index (χ2n) is 4.47. The van der Waals surface area contributed by atoms with Crippen LogP contribution >= 0.6 is 0 Å². The summed E-state index contributed by atoms with van der Waals surface area (Å²) in [6.07, 6.45) is 4.40. The van der Waals surface area contributed by atoms with Gasteiger partial charge in [0.15, 0.2) is 0 Å². The minimum absolute atomic E-state index is 0.109. The summed E-state index contributed by atoms with van der Waals surface area (Å²) in [5.74, 6) is 0.599. The van der Waals surface area contributed by atoms with Crippen molar-refractivity contribution in [2.24, 2.45) is 5.92 Å². The second-order valence-corrected chi connectivity index (χ2v) is 4.47. The quantitative estimate of drug-likeness (QED) is 0.717. The molecule has 0 bridgehead atoms. The Balaban J connectivity index is 2.36. The van der Waals surface area contributed by atoms with Crippen LogP contribution in [0.5, 0.6) is 0 Å². The van der Waals surface area contributed by atoms with Gasteiger partial charge in [-0.3, -0.25) is 4.79 Å². The van der Waals surface area contributed by atoms with Crippen LogP contribution in [-0.2, 0) is 4.79 Å². The van der Waals surface area contributed by atoms with E-state index in [-0.39, 0.29) is 12.0 Å². The third kappa shape index (κ3) is 3.34. The average Bonchev–Trinajstić information content (AvgIpc) is 2.14. The van der Waals surface area contributed by atoms with Crippen molar-refractivity contribution in [1.29, 1.82) is 0 Å². The van der Waals surface area contributed by atoms with Gasteiger partial charge in [-0.2, -0.15) is 0 Å². The van der Waals surface area contributed by atoms with E-state index in [1.807, 2.05) is 27.0 Å². The highest BCUT2D eigenvalue weighted by Crippen LogP contribution is 2.27. The molecule has 0 saturated heterocycles. The summed E-state index contributed by atoms with van der Waals surface area (Å²) in [7, 11) is 1.83. The van der Waals surface area contributed by atoms with Crippen molar-refractivity contribution in [2.45, 2.75) is 39.2 Å². The molecule has 0 aromatic carbocycles. The Hall–Kier alpha value is -0.830. The predicted molar refractivity (Wildman–Crippen MR) is 60.4 cm³/mol. The van der Waals surface area contributed by atoms with E-state index in [1.165, 1.54) is 0 Å². The molecule has 0 aromatic heterocycles. The smallest absolute Gasteiger partial charge is 0.248 e. The lowest BCUT2D eigenvalue weighted by Crippen LogP contribution is -2.39. The summed E-state index contributed by atoms with van der Waals surface area (Å²) >= 11 is 0. The molecule has 1 rings (SSSR count). The Kier molecular flexibility index (Phi) is 4.33. The van der Waals surface area contributed by atoms with Crippen molar-refractivity contribution in [2.75, 3.05) is 13.6 Å². The van der Waals surface area contributed by atoms with Crippen molar-refractivity contribution in [3.05, 3.63) is 11.6 Å². The molecule has 0 aromatic rings. The van der Waals surface area contributed by atoms with Crippen LogP contribution in [-0.4, -0.2) is 35.6 Å². The number of likely N-dealkylation sites (N-methyl/N-ethyl adjacent to an activating group) is 1. The summed E-state index contributed by atoms with van der Waals surface area (Å²) in [5, 5.41) is 9.15. The summed E-state index contributed by atoms with van der Waals surface area (Å²) in [5.41, 5.74) is 0.819. The van der Waals surface area contributed by atoms with Crippen molar-refractivity contribution in [1.82, 2.24) is 4.90 Å². The van der Waals surface area contributed by atoms with E-state index in [0.717, 1.165) is 31.4 Å². The van der Waals surface area contributed by atoms with Crippen molar-refractivity contribution < 1.29 is 9.90 Å². The van der Waals surface area contributed by atoms with Crippen LogP contribution in [0.4, 0.5) is 0 Å². The van der Waals surface area contributed by atoms with Gasteiger partial charge in [-0.25, -0.2) is 0 Å². The SMILES string of the molecule is CCC=C(C)C(=O)N(C)CC1CC(O)C1. The highest BCUT2D eigenvalue weighted by Gasteiger charge is 2.29. The zero-order valence-corrected chi connectivity index (χ0v) is 9.86. The van der Waals surface area contributed by atoms with Crippen LogP contribution in [0.15, 0.2) is 11.6 Å². The fourth-order valence-corrected chi connectivity index (χ4v) is 2.01. The summed E-state index contributed by atoms with van der Waals surface area (Å²) in [6.45, 7) is 4.65. The lowest BCUT2D eigenvalue weighted by Gasteiger charge is -2.34. The Labute approximate surface area is 91.8 Å². The lowest BCUT2D eigenvalue weighted by molar-refractivity contribution is -0.127. The standard InChI is InChI=1S/C12H21NO2/c1-4-5-9(2)12(15)13(3)8-10-6-11(14)7-10/h5,10-11,14H,4,6-8H2,1-3H3. The molecular weight excluding hydrogens is 190 g/mol. The minimum atomic E-state index is -0.134. The number of nitrogens with zero attached hydrogens (tertiary/aromatic N) is 1. The molecule has 15 heavy (non-hydrogen) atoms. The van der Waals surface area contributed by atoms with Crippen LogP contribution in [0.3, 0.4) is 0 Å². The van der Waals surface area contributed by atoms with Gasteiger partial charge in [0, 0.05) is 19.2 Å². The number of carbonyl (C=O) groups is 1. The largest absolute Gasteiger partial charge is 0.393 e. The van der Waals surface area contributed by atoms with E-state index in [0.29, 0.717) is 5.92 Å². The highest BCUT2D eigenvalue weighted by molar-refractivity contribution is 5.92. The molecule has 1 saturated carbocycles. The van der Waals surface area contributed by atoms with Gasteiger partial charge < -0.3 is 10.0 Å². The molecule has 0 aliphatic heterocycles.